The van der Waals surface area contributed by atoms with Gasteiger partial charge in [0.1, 0.15) is 11.3 Å². The number of hydrogen-bond acceptors (Lipinski definition) is 5. The van der Waals surface area contributed by atoms with E-state index >= 15 is 0 Å². The maximum absolute atomic E-state index is 12.5. The largest absolute Gasteiger partial charge is 0.496 e. The number of esters is 1. The van der Waals surface area contributed by atoms with Crippen LogP contribution in [0.25, 0.3) is 0 Å². The maximum Gasteiger partial charge on any atom is 0.342 e. The summed E-state index contributed by atoms with van der Waals surface area (Å²) in [4.78, 5) is 25.8. The average molecular weight is 358 g/mol. The number of ketones is 1. The summed E-state index contributed by atoms with van der Waals surface area (Å²) < 4.78 is 10.5. The van der Waals surface area contributed by atoms with Crippen LogP contribution in [0.15, 0.2) is 35.2 Å². The normalized spacial score (nSPS) is 10.4. The number of rotatable bonds is 6. The molecule has 0 amide bonds. The van der Waals surface area contributed by atoms with E-state index in [0.717, 1.165) is 21.6 Å². The predicted octanol–water partition coefficient (Wildman–Crippen LogP) is 4.38. The molecule has 5 heteroatoms. The van der Waals surface area contributed by atoms with E-state index < -0.39 is 5.97 Å². The Kier molecular flexibility index (Phi) is 6.26. The minimum Gasteiger partial charge on any atom is -0.496 e. The molecular weight excluding hydrogens is 336 g/mol. The second kappa shape index (κ2) is 8.21. The van der Waals surface area contributed by atoms with Gasteiger partial charge < -0.3 is 9.47 Å². The summed E-state index contributed by atoms with van der Waals surface area (Å²) in [5.41, 5.74) is 3.80. The fraction of sp³-hybridized carbons (Fsp3) is 0.300. The monoisotopic (exact) mass is 358 g/mol. The molecule has 0 spiro atoms. The summed E-state index contributed by atoms with van der Waals surface area (Å²) in [6, 6.07) is 9.15. The molecule has 0 heterocycles. The van der Waals surface area contributed by atoms with Crippen molar-refractivity contribution in [1.29, 1.82) is 0 Å². The van der Waals surface area contributed by atoms with E-state index in [2.05, 4.69) is 0 Å². The molecule has 0 atom stereocenters. The van der Waals surface area contributed by atoms with Crippen molar-refractivity contribution in [2.24, 2.45) is 0 Å². The number of carbonyl (C=O) groups excluding carboxylic acids is 2. The van der Waals surface area contributed by atoms with Crippen molar-refractivity contribution in [2.75, 3.05) is 20.0 Å². The standard InChI is InChI=1S/C20H22O4S/c1-12-8-13(2)19(14(3)9-12)17(21)11-24-20(22)16-7-6-15(25-5)10-18(16)23-4/h6-10H,11H2,1-5H3. The second-order valence-electron chi connectivity index (χ2n) is 5.84. The SMILES string of the molecule is COc1cc(SC)ccc1C(=O)OCC(=O)c1c(C)cc(C)cc1C. The predicted molar refractivity (Wildman–Crippen MR) is 100 cm³/mol. The maximum atomic E-state index is 12.5. The molecule has 25 heavy (non-hydrogen) atoms. The van der Waals surface area contributed by atoms with E-state index in [1.54, 1.807) is 23.9 Å². The fourth-order valence-corrected chi connectivity index (χ4v) is 3.30. The van der Waals surface area contributed by atoms with Gasteiger partial charge in [-0.15, -0.1) is 11.8 Å². The van der Waals surface area contributed by atoms with Crippen molar-refractivity contribution in [3.05, 3.63) is 58.1 Å². The Bertz CT molecular complexity index is 788. The van der Waals surface area contributed by atoms with Crippen LogP contribution in [-0.2, 0) is 4.74 Å². The highest BCUT2D eigenvalue weighted by Crippen LogP contribution is 2.26. The number of aryl methyl sites for hydroxylation is 3. The molecule has 0 saturated heterocycles. The number of benzene rings is 2. The molecule has 0 radical (unpaired) electrons. The number of Topliss-reactive ketones (excluding diaryl/α,β-unsaturated/α-hetero) is 1. The van der Waals surface area contributed by atoms with Crippen LogP contribution in [0.4, 0.5) is 0 Å². The van der Waals surface area contributed by atoms with Crippen LogP contribution in [0.2, 0.25) is 0 Å². The Hall–Kier alpha value is -2.27. The van der Waals surface area contributed by atoms with Crippen LogP contribution in [0.5, 0.6) is 5.75 Å². The van der Waals surface area contributed by atoms with Gasteiger partial charge in [-0.2, -0.15) is 0 Å². The highest BCUT2D eigenvalue weighted by molar-refractivity contribution is 7.98. The van der Waals surface area contributed by atoms with Gasteiger partial charge in [-0.1, -0.05) is 17.7 Å². The van der Waals surface area contributed by atoms with Gasteiger partial charge in [0.05, 0.1) is 7.11 Å². The third-order valence-corrected chi connectivity index (χ3v) is 4.64. The lowest BCUT2D eigenvalue weighted by atomic mass is 9.97. The molecule has 0 unspecified atom stereocenters. The molecule has 0 aromatic heterocycles. The molecule has 0 aliphatic heterocycles. The van der Waals surface area contributed by atoms with Gasteiger partial charge in [-0.3, -0.25) is 4.79 Å². The molecular formula is C20H22O4S. The third kappa shape index (κ3) is 4.42. The summed E-state index contributed by atoms with van der Waals surface area (Å²) in [6.45, 7) is 5.47. The summed E-state index contributed by atoms with van der Waals surface area (Å²) in [5.74, 6) is -0.338. The Morgan fingerprint density at radius 3 is 2.24 bits per heavy atom. The van der Waals surface area contributed by atoms with Crippen LogP contribution in [-0.4, -0.2) is 31.7 Å². The van der Waals surface area contributed by atoms with E-state index in [1.807, 2.05) is 45.2 Å². The van der Waals surface area contributed by atoms with E-state index in [-0.39, 0.29) is 12.4 Å². The lowest BCUT2D eigenvalue weighted by Crippen LogP contribution is -2.17. The summed E-state index contributed by atoms with van der Waals surface area (Å²) in [5, 5.41) is 0. The first-order chi connectivity index (χ1) is 11.9. The third-order valence-electron chi connectivity index (χ3n) is 3.92. The molecule has 0 saturated carbocycles. The van der Waals surface area contributed by atoms with E-state index in [1.165, 1.54) is 7.11 Å². The van der Waals surface area contributed by atoms with Gasteiger partial charge in [0.15, 0.2) is 6.61 Å². The Morgan fingerprint density at radius 1 is 1.04 bits per heavy atom. The Labute approximate surface area is 152 Å². The zero-order valence-electron chi connectivity index (χ0n) is 15.1. The number of hydrogen-bond donors (Lipinski definition) is 0. The lowest BCUT2D eigenvalue weighted by Gasteiger charge is -2.12. The zero-order valence-corrected chi connectivity index (χ0v) is 16.0. The van der Waals surface area contributed by atoms with Gasteiger partial charge in [0, 0.05) is 10.5 Å². The number of carbonyl (C=O) groups is 2. The van der Waals surface area contributed by atoms with Crippen molar-refractivity contribution in [2.45, 2.75) is 25.7 Å². The quantitative estimate of drug-likeness (QED) is 0.436. The summed E-state index contributed by atoms with van der Waals surface area (Å²) in [6.07, 6.45) is 1.94. The van der Waals surface area contributed by atoms with Gasteiger partial charge in [-0.25, -0.2) is 4.79 Å². The first kappa shape index (κ1) is 19.1. The van der Waals surface area contributed by atoms with Crippen LogP contribution < -0.4 is 4.74 Å². The van der Waals surface area contributed by atoms with Crippen LogP contribution in [0.1, 0.15) is 37.4 Å². The highest BCUT2D eigenvalue weighted by Gasteiger charge is 2.18. The van der Waals surface area contributed by atoms with Crippen LogP contribution in [0.3, 0.4) is 0 Å². The van der Waals surface area contributed by atoms with Crippen LogP contribution in [0, 0.1) is 20.8 Å². The van der Waals surface area contributed by atoms with Crippen molar-refractivity contribution < 1.29 is 19.1 Å². The molecule has 2 aromatic rings. The molecule has 0 aliphatic carbocycles. The first-order valence-corrected chi connectivity index (χ1v) is 9.10. The highest BCUT2D eigenvalue weighted by atomic mass is 32.2. The van der Waals surface area contributed by atoms with Crippen molar-refractivity contribution in [3.8, 4) is 5.75 Å². The minimum absolute atomic E-state index is 0.206. The van der Waals surface area contributed by atoms with E-state index in [4.69, 9.17) is 9.47 Å². The van der Waals surface area contributed by atoms with Crippen molar-refractivity contribution in [3.63, 3.8) is 0 Å². The van der Waals surface area contributed by atoms with Gasteiger partial charge in [0.2, 0.25) is 5.78 Å². The van der Waals surface area contributed by atoms with Crippen molar-refractivity contribution in [1.82, 2.24) is 0 Å². The number of methoxy groups -OCH3 is 1. The van der Waals surface area contributed by atoms with Gasteiger partial charge >= 0.3 is 5.97 Å². The number of ether oxygens (including phenoxy) is 2. The van der Waals surface area contributed by atoms with E-state index in [9.17, 15) is 9.59 Å². The zero-order chi connectivity index (χ0) is 18.6. The summed E-state index contributed by atoms with van der Waals surface area (Å²) >= 11 is 1.55. The minimum atomic E-state index is -0.569. The van der Waals surface area contributed by atoms with Gasteiger partial charge in [-0.05, 0) is 56.4 Å². The molecule has 4 nitrogen and oxygen atoms in total. The second-order valence-corrected chi connectivity index (χ2v) is 6.72. The number of thioether (sulfide) groups is 1. The molecule has 0 aliphatic rings. The van der Waals surface area contributed by atoms with Crippen molar-refractivity contribution >= 4 is 23.5 Å². The summed E-state index contributed by atoms with van der Waals surface area (Å²) in [7, 11) is 1.50. The van der Waals surface area contributed by atoms with E-state index in [0.29, 0.717) is 16.9 Å². The molecule has 2 aromatic carbocycles. The van der Waals surface area contributed by atoms with Crippen LogP contribution >= 0.6 is 11.8 Å². The Balaban J connectivity index is 2.14. The molecule has 0 bridgehead atoms. The molecule has 132 valence electrons. The van der Waals surface area contributed by atoms with Gasteiger partial charge in [0.25, 0.3) is 0 Å². The molecule has 2 rings (SSSR count). The fourth-order valence-electron chi connectivity index (χ4n) is 2.87. The lowest BCUT2D eigenvalue weighted by molar-refractivity contribution is 0.0471. The molecule has 0 fully saturated rings. The smallest absolute Gasteiger partial charge is 0.342 e. The Morgan fingerprint density at radius 2 is 1.68 bits per heavy atom. The molecule has 0 N–H and O–H groups in total. The average Bonchev–Trinajstić information content (AvgIpc) is 2.58. The first-order valence-electron chi connectivity index (χ1n) is 7.87. The topological polar surface area (TPSA) is 52.6 Å².